The molecule has 1 atom stereocenters. The van der Waals surface area contributed by atoms with Crippen LogP contribution in [-0.4, -0.2) is 31.3 Å². The van der Waals surface area contributed by atoms with Crippen LogP contribution >= 0.6 is 0 Å². The molecule has 0 fully saturated rings. The van der Waals surface area contributed by atoms with Crippen molar-refractivity contribution in [1.29, 1.82) is 0 Å². The third kappa shape index (κ3) is 10.5. The molecule has 0 aliphatic carbocycles. The summed E-state index contributed by atoms with van der Waals surface area (Å²) in [6.45, 7) is 7.36. The lowest BCUT2D eigenvalue weighted by Crippen LogP contribution is -2.38. The summed E-state index contributed by atoms with van der Waals surface area (Å²) in [5.74, 6) is 0.706. The topological polar surface area (TPSA) is 47.6 Å². The Kier molecular flexibility index (Phi) is 12.8. The quantitative estimate of drug-likeness (QED) is 0.211. The van der Waals surface area contributed by atoms with Crippen LogP contribution in [0.25, 0.3) is 10.8 Å². The molecule has 32 heavy (non-hydrogen) atoms. The first kappa shape index (κ1) is 26.2. The predicted octanol–water partition coefficient (Wildman–Crippen LogP) is 7.05. The van der Waals surface area contributed by atoms with Gasteiger partial charge in [0, 0.05) is 24.4 Å². The number of carbonyl (C=O) groups is 1. The highest BCUT2D eigenvalue weighted by molar-refractivity contribution is 5.88. The maximum Gasteiger partial charge on any atom is 0.306 e. The lowest BCUT2D eigenvalue weighted by molar-refractivity contribution is -0.150. The molecule has 0 radical (unpaired) electrons. The molecule has 0 aromatic heterocycles. The zero-order valence-corrected chi connectivity index (χ0v) is 20.4. The lowest BCUT2D eigenvalue weighted by Gasteiger charge is -2.21. The van der Waals surface area contributed by atoms with E-state index in [1.54, 1.807) is 0 Å². The molecule has 0 saturated heterocycles. The fourth-order valence-corrected chi connectivity index (χ4v) is 3.83. The van der Waals surface area contributed by atoms with Crippen LogP contribution in [0.2, 0.25) is 0 Å². The second kappa shape index (κ2) is 15.7. The Morgan fingerprint density at radius 2 is 1.53 bits per heavy atom. The molecule has 178 valence electrons. The number of unbranched alkanes of at least 4 members (excludes halogenated alkanes) is 8. The van der Waals surface area contributed by atoms with Crippen LogP contribution in [-0.2, 0) is 9.53 Å². The summed E-state index contributed by atoms with van der Waals surface area (Å²) in [5, 5.41) is 5.59. The van der Waals surface area contributed by atoms with E-state index in [2.05, 4.69) is 44.3 Å². The van der Waals surface area contributed by atoms with Crippen molar-refractivity contribution in [1.82, 2.24) is 5.32 Å². The van der Waals surface area contributed by atoms with Gasteiger partial charge in [0.1, 0.15) is 18.5 Å². The summed E-state index contributed by atoms with van der Waals surface area (Å²) in [6.07, 6.45) is 11.3. The third-order valence-electron chi connectivity index (χ3n) is 5.71. The molecule has 2 aromatic rings. The lowest BCUT2D eigenvalue weighted by atomic mass is 10.1. The predicted molar refractivity (Wildman–Crippen MR) is 134 cm³/mol. The Morgan fingerprint density at radius 3 is 2.25 bits per heavy atom. The van der Waals surface area contributed by atoms with Crippen molar-refractivity contribution < 1.29 is 14.3 Å². The fraction of sp³-hybridized carbons (Fsp3) is 0.607. The van der Waals surface area contributed by atoms with E-state index >= 15 is 0 Å². The summed E-state index contributed by atoms with van der Waals surface area (Å²) in [5.41, 5.74) is 0. The van der Waals surface area contributed by atoms with Gasteiger partial charge in [0.2, 0.25) is 0 Å². The third-order valence-corrected chi connectivity index (χ3v) is 5.71. The van der Waals surface area contributed by atoms with Gasteiger partial charge in [-0.2, -0.15) is 0 Å². The van der Waals surface area contributed by atoms with Crippen molar-refractivity contribution in [3.63, 3.8) is 0 Å². The van der Waals surface area contributed by atoms with Crippen LogP contribution in [0.3, 0.4) is 0 Å². The van der Waals surface area contributed by atoms with Crippen molar-refractivity contribution in [3.8, 4) is 5.75 Å². The SMILES string of the molecule is CCCCCCCCCCCC(=O)OC(CNC(C)C)COc1cccc2ccccc12. The van der Waals surface area contributed by atoms with Crippen LogP contribution in [0, 0.1) is 0 Å². The van der Waals surface area contributed by atoms with Gasteiger partial charge in [0.15, 0.2) is 0 Å². The number of hydrogen-bond acceptors (Lipinski definition) is 4. The van der Waals surface area contributed by atoms with Crippen LogP contribution in [0.4, 0.5) is 0 Å². The molecular formula is C28H43NO3. The number of nitrogens with one attached hydrogen (secondary N) is 1. The minimum absolute atomic E-state index is 0.120. The van der Waals surface area contributed by atoms with Crippen molar-refractivity contribution in [3.05, 3.63) is 42.5 Å². The Balaban J connectivity index is 1.74. The zero-order valence-electron chi connectivity index (χ0n) is 20.4. The first-order chi connectivity index (χ1) is 15.6. The molecular weight excluding hydrogens is 398 g/mol. The standard InChI is InChI=1S/C28H43NO3/c1-4-5-6-7-8-9-10-11-12-20-28(30)32-25(21-29-23(2)3)22-31-27-19-15-17-24-16-13-14-18-26(24)27/h13-19,23,25,29H,4-12,20-22H2,1-3H3. The largest absolute Gasteiger partial charge is 0.489 e. The molecule has 2 rings (SSSR count). The van der Waals surface area contributed by atoms with Crippen molar-refractivity contribution in [2.45, 2.75) is 97.1 Å². The molecule has 0 heterocycles. The molecule has 0 bridgehead atoms. The summed E-state index contributed by atoms with van der Waals surface area (Å²) in [6, 6.07) is 14.5. The number of ether oxygens (including phenoxy) is 2. The molecule has 2 aromatic carbocycles. The first-order valence-electron chi connectivity index (χ1n) is 12.6. The van der Waals surface area contributed by atoms with Gasteiger partial charge in [0.05, 0.1) is 0 Å². The normalized spacial score (nSPS) is 12.2. The average Bonchev–Trinajstić information content (AvgIpc) is 2.79. The Hall–Kier alpha value is -2.07. The van der Waals surface area contributed by atoms with Gasteiger partial charge in [-0.1, -0.05) is 109 Å². The Morgan fingerprint density at radius 1 is 0.875 bits per heavy atom. The number of fused-ring (bicyclic) bond motifs is 1. The molecule has 0 amide bonds. The highest BCUT2D eigenvalue weighted by Gasteiger charge is 2.16. The van der Waals surface area contributed by atoms with E-state index in [9.17, 15) is 4.79 Å². The minimum atomic E-state index is -0.303. The number of esters is 1. The van der Waals surface area contributed by atoms with Gasteiger partial charge in [-0.25, -0.2) is 0 Å². The van der Waals surface area contributed by atoms with Gasteiger partial charge < -0.3 is 14.8 Å². The van der Waals surface area contributed by atoms with Crippen LogP contribution < -0.4 is 10.1 Å². The highest BCUT2D eigenvalue weighted by Crippen LogP contribution is 2.25. The monoisotopic (exact) mass is 441 g/mol. The maximum atomic E-state index is 12.4. The summed E-state index contributed by atoms with van der Waals surface area (Å²) in [7, 11) is 0. The molecule has 0 aliphatic rings. The molecule has 4 nitrogen and oxygen atoms in total. The van der Waals surface area contributed by atoms with E-state index in [-0.39, 0.29) is 12.1 Å². The minimum Gasteiger partial charge on any atom is -0.489 e. The number of carbonyl (C=O) groups excluding carboxylic acids is 1. The Labute approximate surface area is 195 Å². The first-order valence-corrected chi connectivity index (χ1v) is 12.6. The van der Waals surface area contributed by atoms with E-state index in [0.29, 0.717) is 25.6 Å². The van der Waals surface area contributed by atoms with E-state index in [1.807, 2.05) is 24.3 Å². The zero-order chi connectivity index (χ0) is 23.0. The summed E-state index contributed by atoms with van der Waals surface area (Å²) >= 11 is 0. The van der Waals surface area contributed by atoms with Crippen LogP contribution in [0.5, 0.6) is 5.75 Å². The highest BCUT2D eigenvalue weighted by atomic mass is 16.6. The van der Waals surface area contributed by atoms with E-state index in [0.717, 1.165) is 29.4 Å². The molecule has 1 unspecified atom stereocenters. The van der Waals surface area contributed by atoms with Gasteiger partial charge in [-0.15, -0.1) is 0 Å². The Bertz CT molecular complexity index is 769. The van der Waals surface area contributed by atoms with Gasteiger partial charge >= 0.3 is 5.97 Å². The fourth-order valence-electron chi connectivity index (χ4n) is 3.83. The molecule has 0 saturated carbocycles. The number of hydrogen-bond donors (Lipinski definition) is 1. The van der Waals surface area contributed by atoms with Gasteiger partial charge in [-0.3, -0.25) is 4.79 Å². The summed E-state index contributed by atoms with van der Waals surface area (Å²) < 4.78 is 11.9. The second-order valence-corrected chi connectivity index (χ2v) is 9.04. The average molecular weight is 442 g/mol. The number of rotatable bonds is 17. The van der Waals surface area contributed by atoms with E-state index < -0.39 is 0 Å². The van der Waals surface area contributed by atoms with Crippen molar-refractivity contribution >= 4 is 16.7 Å². The van der Waals surface area contributed by atoms with Crippen LogP contribution in [0.1, 0.15) is 85.0 Å². The van der Waals surface area contributed by atoms with Gasteiger partial charge in [0.25, 0.3) is 0 Å². The summed E-state index contributed by atoms with van der Waals surface area (Å²) in [4.78, 5) is 12.4. The maximum absolute atomic E-state index is 12.4. The van der Waals surface area contributed by atoms with Crippen molar-refractivity contribution in [2.24, 2.45) is 0 Å². The molecule has 0 aliphatic heterocycles. The smallest absolute Gasteiger partial charge is 0.306 e. The van der Waals surface area contributed by atoms with Gasteiger partial charge in [-0.05, 0) is 17.9 Å². The van der Waals surface area contributed by atoms with E-state index in [1.165, 1.54) is 44.9 Å². The molecule has 1 N–H and O–H groups in total. The molecule has 4 heteroatoms. The van der Waals surface area contributed by atoms with Crippen molar-refractivity contribution in [2.75, 3.05) is 13.2 Å². The molecule has 0 spiro atoms. The number of benzene rings is 2. The van der Waals surface area contributed by atoms with Crippen LogP contribution in [0.15, 0.2) is 42.5 Å². The van der Waals surface area contributed by atoms with E-state index in [4.69, 9.17) is 9.47 Å². The second-order valence-electron chi connectivity index (χ2n) is 9.04.